The summed E-state index contributed by atoms with van der Waals surface area (Å²) in [6.45, 7) is 1.99. The molecule has 0 aliphatic rings. The summed E-state index contributed by atoms with van der Waals surface area (Å²) in [7, 11) is 0. The molecule has 0 aromatic heterocycles. The highest BCUT2D eigenvalue weighted by Crippen LogP contribution is 2.18. The topological polar surface area (TPSA) is 26.0 Å². The van der Waals surface area contributed by atoms with E-state index < -0.39 is 5.76 Å². The van der Waals surface area contributed by atoms with Crippen molar-refractivity contribution in [2.75, 3.05) is 6.54 Å². The molecule has 0 amide bonds. The molecule has 0 unspecified atom stereocenters. The zero-order valence-corrected chi connectivity index (χ0v) is 5.42. The molecule has 0 saturated carbocycles. The van der Waals surface area contributed by atoms with Crippen LogP contribution in [0.4, 0.5) is 8.78 Å². The maximum atomic E-state index is 11.4. The van der Waals surface area contributed by atoms with Crippen molar-refractivity contribution in [3.05, 3.63) is 0 Å². The molecule has 0 aliphatic carbocycles. The van der Waals surface area contributed by atoms with Crippen LogP contribution in [0.5, 0.6) is 0 Å². The molecule has 0 aliphatic heterocycles. The summed E-state index contributed by atoms with van der Waals surface area (Å²) in [5.41, 5.74) is 5.07. The summed E-state index contributed by atoms with van der Waals surface area (Å²) in [5, 5.41) is -0.130. The maximum absolute atomic E-state index is 11.4. The van der Waals surface area contributed by atoms with Crippen molar-refractivity contribution in [2.45, 2.75) is 17.9 Å². The second-order valence-electron chi connectivity index (χ2n) is 1.44. The van der Waals surface area contributed by atoms with Crippen LogP contribution in [0.15, 0.2) is 0 Å². The molecule has 4 heteroatoms. The number of hydrogen-bond donors (Lipinski definition) is 1. The number of alkyl halides is 2. The molecule has 1 nitrogen and oxygen atoms in total. The van der Waals surface area contributed by atoms with E-state index in [-0.39, 0.29) is 5.25 Å². The van der Waals surface area contributed by atoms with Crippen LogP contribution in [-0.2, 0) is 0 Å². The van der Waals surface area contributed by atoms with E-state index in [0.717, 1.165) is 0 Å². The quantitative estimate of drug-likeness (QED) is 0.641. The number of nitrogens with two attached hydrogens (primary N) is 1. The van der Waals surface area contributed by atoms with Crippen LogP contribution in [-0.4, -0.2) is 17.6 Å². The Balaban J connectivity index is 3.10. The molecule has 0 rings (SSSR count). The van der Waals surface area contributed by atoms with Crippen molar-refractivity contribution >= 4 is 11.8 Å². The lowest BCUT2D eigenvalue weighted by atomic mass is 10.5. The fourth-order valence-electron chi connectivity index (χ4n) is 0.231. The molecular formula is C4H9F2NS. The summed E-state index contributed by atoms with van der Waals surface area (Å²) in [6.07, 6.45) is 0. The van der Waals surface area contributed by atoms with Crippen molar-refractivity contribution in [3.63, 3.8) is 0 Å². The number of halogens is 2. The minimum Gasteiger partial charge on any atom is -0.329 e. The lowest BCUT2D eigenvalue weighted by molar-refractivity contribution is 0.251. The number of rotatable bonds is 3. The fourth-order valence-corrected chi connectivity index (χ4v) is 0.693. The Bertz CT molecular complexity index is 60.0. The average molecular weight is 141 g/mol. The van der Waals surface area contributed by atoms with Gasteiger partial charge in [0, 0.05) is 11.8 Å². The Morgan fingerprint density at radius 2 is 2.12 bits per heavy atom. The van der Waals surface area contributed by atoms with Crippen LogP contribution in [0.25, 0.3) is 0 Å². The van der Waals surface area contributed by atoms with E-state index in [1.165, 1.54) is 0 Å². The van der Waals surface area contributed by atoms with Crippen LogP contribution >= 0.6 is 11.8 Å². The zero-order chi connectivity index (χ0) is 6.57. The second kappa shape index (κ2) is 4.09. The fraction of sp³-hybridized carbons (Fsp3) is 1.00. The van der Waals surface area contributed by atoms with Gasteiger partial charge in [-0.1, -0.05) is 18.7 Å². The first kappa shape index (κ1) is 8.17. The van der Waals surface area contributed by atoms with Gasteiger partial charge in [0.2, 0.25) is 0 Å². The van der Waals surface area contributed by atoms with Crippen molar-refractivity contribution < 1.29 is 8.78 Å². The Morgan fingerprint density at radius 1 is 1.62 bits per heavy atom. The van der Waals surface area contributed by atoms with Gasteiger partial charge in [-0.05, 0) is 0 Å². The summed E-state index contributed by atoms with van der Waals surface area (Å²) in [5.74, 6) is -2.28. The first-order chi connectivity index (χ1) is 3.66. The normalized spacial score (nSPS) is 14.6. The number of thioether (sulfide) groups is 1. The third-order valence-corrected chi connectivity index (χ3v) is 1.53. The van der Waals surface area contributed by atoms with Gasteiger partial charge >= 0.3 is 0 Å². The predicted octanol–water partition coefficient (Wildman–Crippen LogP) is 1.29. The highest BCUT2D eigenvalue weighted by atomic mass is 32.2. The largest absolute Gasteiger partial charge is 0.329 e. The van der Waals surface area contributed by atoms with E-state index in [0.29, 0.717) is 18.3 Å². The Labute approximate surface area is 51.6 Å². The summed E-state index contributed by atoms with van der Waals surface area (Å²) >= 11 is 0.596. The van der Waals surface area contributed by atoms with Gasteiger partial charge in [-0.15, -0.1) is 0 Å². The van der Waals surface area contributed by atoms with Gasteiger partial charge in [0.15, 0.2) is 0 Å². The first-order valence-electron chi connectivity index (χ1n) is 2.30. The first-order valence-corrected chi connectivity index (χ1v) is 3.24. The Morgan fingerprint density at radius 3 is 2.25 bits per heavy atom. The minimum atomic E-state index is -2.28. The summed E-state index contributed by atoms with van der Waals surface area (Å²) in [4.78, 5) is 0. The second-order valence-corrected chi connectivity index (χ2v) is 2.88. The molecule has 0 fully saturated rings. The van der Waals surface area contributed by atoms with E-state index in [9.17, 15) is 8.78 Å². The third-order valence-electron chi connectivity index (χ3n) is 0.667. The van der Waals surface area contributed by atoms with Crippen LogP contribution < -0.4 is 5.73 Å². The van der Waals surface area contributed by atoms with Crippen molar-refractivity contribution in [1.29, 1.82) is 0 Å². The molecule has 0 radical (unpaired) electrons. The monoisotopic (exact) mass is 141 g/mol. The summed E-state index contributed by atoms with van der Waals surface area (Å²) < 4.78 is 22.8. The van der Waals surface area contributed by atoms with Gasteiger partial charge in [-0.2, -0.15) is 8.78 Å². The van der Waals surface area contributed by atoms with E-state index in [4.69, 9.17) is 5.73 Å². The van der Waals surface area contributed by atoms with Gasteiger partial charge in [-0.3, -0.25) is 0 Å². The Kier molecular flexibility index (Phi) is 4.18. The van der Waals surface area contributed by atoms with E-state index >= 15 is 0 Å². The number of hydrogen-bond acceptors (Lipinski definition) is 2. The summed E-state index contributed by atoms with van der Waals surface area (Å²) in [6, 6.07) is 0. The lowest BCUT2D eigenvalue weighted by Gasteiger charge is -2.04. The standard InChI is InChI=1S/C4H9F2NS/c1-3(2-7)8-4(5)6/h3-4H,2,7H2,1H3/t3-/m0/s1. The van der Waals surface area contributed by atoms with Gasteiger partial charge in [0.25, 0.3) is 5.76 Å². The van der Waals surface area contributed by atoms with E-state index in [1.807, 2.05) is 0 Å². The van der Waals surface area contributed by atoms with Crippen LogP contribution in [0, 0.1) is 0 Å². The van der Waals surface area contributed by atoms with Gasteiger partial charge in [-0.25, -0.2) is 0 Å². The molecule has 0 saturated heterocycles. The Hall–Kier alpha value is 0.170. The molecule has 50 valence electrons. The van der Waals surface area contributed by atoms with Gasteiger partial charge in [0.05, 0.1) is 0 Å². The maximum Gasteiger partial charge on any atom is 0.284 e. The van der Waals surface area contributed by atoms with Gasteiger partial charge in [0.1, 0.15) is 0 Å². The smallest absolute Gasteiger partial charge is 0.284 e. The third kappa shape index (κ3) is 4.33. The molecule has 8 heavy (non-hydrogen) atoms. The predicted molar refractivity (Wildman–Crippen MR) is 32.1 cm³/mol. The van der Waals surface area contributed by atoms with Crippen LogP contribution in [0.2, 0.25) is 0 Å². The highest BCUT2D eigenvalue weighted by Gasteiger charge is 2.07. The van der Waals surface area contributed by atoms with Crippen LogP contribution in [0.3, 0.4) is 0 Å². The zero-order valence-electron chi connectivity index (χ0n) is 4.60. The van der Waals surface area contributed by atoms with Crippen molar-refractivity contribution in [3.8, 4) is 0 Å². The molecule has 0 aromatic rings. The SMILES string of the molecule is C[C@@H](CN)SC(F)F. The average Bonchev–Trinajstić information content (AvgIpc) is 1.65. The van der Waals surface area contributed by atoms with Crippen molar-refractivity contribution in [1.82, 2.24) is 0 Å². The molecule has 1 atom stereocenters. The highest BCUT2D eigenvalue weighted by molar-refractivity contribution is 8.00. The van der Waals surface area contributed by atoms with E-state index in [1.54, 1.807) is 6.92 Å². The van der Waals surface area contributed by atoms with Crippen LogP contribution in [0.1, 0.15) is 6.92 Å². The minimum absolute atomic E-state index is 0.130. The molecular weight excluding hydrogens is 132 g/mol. The lowest BCUT2D eigenvalue weighted by Crippen LogP contribution is -2.13. The molecule has 0 aromatic carbocycles. The van der Waals surface area contributed by atoms with E-state index in [2.05, 4.69) is 0 Å². The molecule has 2 N–H and O–H groups in total. The molecule has 0 bridgehead atoms. The molecule has 0 spiro atoms. The van der Waals surface area contributed by atoms with Crippen molar-refractivity contribution in [2.24, 2.45) is 5.73 Å². The molecule has 0 heterocycles. The van der Waals surface area contributed by atoms with Gasteiger partial charge < -0.3 is 5.73 Å².